The minimum absolute atomic E-state index is 0.603. The summed E-state index contributed by atoms with van der Waals surface area (Å²) in [5, 5.41) is 10.5. The lowest BCUT2D eigenvalue weighted by molar-refractivity contribution is 0.666. The van der Waals surface area contributed by atoms with Crippen LogP contribution in [0.3, 0.4) is 0 Å². The molecule has 5 nitrogen and oxygen atoms in total. The molecular weight excluding hydrogens is 649 g/mol. The Labute approximate surface area is 302 Å². The predicted octanol–water partition coefficient (Wildman–Crippen LogP) is 12.5. The molecule has 5 heteroatoms. The van der Waals surface area contributed by atoms with E-state index < -0.39 is 0 Å². The molecule has 0 N–H and O–H groups in total. The molecule has 0 aliphatic heterocycles. The first-order chi connectivity index (χ1) is 26.3. The largest absolute Gasteiger partial charge is 0.452 e. The summed E-state index contributed by atoms with van der Waals surface area (Å²) in [4.78, 5) is 10.7. The van der Waals surface area contributed by atoms with Crippen molar-refractivity contribution in [2.24, 2.45) is 0 Å². The van der Waals surface area contributed by atoms with Gasteiger partial charge < -0.3 is 8.98 Å². The zero-order valence-corrected chi connectivity index (χ0v) is 28.4. The average Bonchev–Trinajstić information content (AvgIpc) is 3.88. The Morgan fingerprint density at radius 1 is 0.434 bits per heavy atom. The lowest BCUT2D eigenvalue weighted by Crippen LogP contribution is -2.03. The highest BCUT2D eigenvalue weighted by molar-refractivity contribution is 6.26. The second kappa shape index (κ2) is 10.6. The van der Waals surface area contributed by atoms with Crippen molar-refractivity contribution >= 4 is 87.2 Å². The van der Waals surface area contributed by atoms with Gasteiger partial charge in [-0.05, 0) is 70.1 Å². The predicted molar refractivity (Wildman–Crippen MR) is 218 cm³/mol. The summed E-state index contributed by atoms with van der Waals surface area (Å²) < 4.78 is 11.2. The van der Waals surface area contributed by atoms with E-state index in [1.165, 1.54) is 38.0 Å². The van der Waals surface area contributed by atoms with Gasteiger partial charge in [0, 0.05) is 38.2 Å². The molecule has 0 aliphatic carbocycles. The van der Waals surface area contributed by atoms with Gasteiger partial charge in [-0.1, -0.05) is 121 Å². The minimum atomic E-state index is 0.603. The first kappa shape index (κ1) is 28.5. The van der Waals surface area contributed by atoms with Crippen molar-refractivity contribution in [3.63, 3.8) is 0 Å². The van der Waals surface area contributed by atoms with Crippen LogP contribution < -0.4 is 0 Å². The van der Waals surface area contributed by atoms with E-state index in [2.05, 4.69) is 161 Å². The SMILES string of the molecule is c1ccc2cc(-c3nc(-n4c5ccccc5c5c4ccc4c6ccccc6n(-c6ccc7ccccc7c6)c45)nc4c3oc3ccccc34)ccc2c1. The monoisotopic (exact) mass is 676 g/mol. The fraction of sp³-hybridized carbons (Fsp3) is 0. The van der Waals surface area contributed by atoms with Crippen molar-refractivity contribution in [1.82, 2.24) is 19.1 Å². The van der Waals surface area contributed by atoms with Crippen molar-refractivity contribution in [2.75, 3.05) is 0 Å². The molecule has 0 aliphatic rings. The molecule has 53 heavy (non-hydrogen) atoms. The van der Waals surface area contributed by atoms with Gasteiger partial charge in [0.15, 0.2) is 5.58 Å². The molecule has 0 fully saturated rings. The third-order valence-corrected chi connectivity index (χ3v) is 10.9. The maximum atomic E-state index is 6.55. The van der Waals surface area contributed by atoms with E-state index in [0.717, 1.165) is 60.6 Å². The second-order valence-electron chi connectivity index (χ2n) is 13.8. The number of hydrogen-bond donors (Lipinski definition) is 0. The molecule has 12 rings (SSSR count). The zero-order valence-electron chi connectivity index (χ0n) is 28.4. The summed E-state index contributed by atoms with van der Waals surface area (Å²) in [6, 6.07) is 60.2. The van der Waals surface area contributed by atoms with E-state index in [-0.39, 0.29) is 0 Å². The first-order valence-electron chi connectivity index (χ1n) is 17.9. The smallest absolute Gasteiger partial charge is 0.236 e. The van der Waals surface area contributed by atoms with Crippen LogP contribution in [-0.4, -0.2) is 19.1 Å². The number of hydrogen-bond acceptors (Lipinski definition) is 3. The topological polar surface area (TPSA) is 48.8 Å². The third-order valence-electron chi connectivity index (χ3n) is 10.9. The Morgan fingerprint density at radius 2 is 1.08 bits per heavy atom. The van der Waals surface area contributed by atoms with E-state index >= 15 is 0 Å². The van der Waals surface area contributed by atoms with Gasteiger partial charge in [0.1, 0.15) is 16.8 Å². The van der Waals surface area contributed by atoms with Crippen LogP contribution in [0.1, 0.15) is 0 Å². The minimum Gasteiger partial charge on any atom is -0.452 e. The van der Waals surface area contributed by atoms with Crippen molar-refractivity contribution < 1.29 is 4.42 Å². The third kappa shape index (κ3) is 4.02. The molecular formula is C48H28N4O. The van der Waals surface area contributed by atoms with Crippen molar-refractivity contribution in [3.8, 4) is 22.9 Å². The van der Waals surface area contributed by atoms with Crippen molar-refractivity contribution in [3.05, 3.63) is 170 Å². The highest BCUT2D eigenvalue weighted by Crippen LogP contribution is 2.43. The molecule has 0 spiro atoms. The number of fused-ring (bicyclic) bond motifs is 12. The van der Waals surface area contributed by atoms with Gasteiger partial charge in [-0.25, -0.2) is 9.97 Å². The van der Waals surface area contributed by atoms with E-state index in [9.17, 15) is 0 Å². The van der Waals surface area contributed by atoms with Gasteiger partial charge >= 0.3 is 0 Å². The Bertz CT molecular complexity index is 3470. The summed E-state index contributed by atoms with van der Waals surface area (Å²) in [5.74, 6) is 0.603. The van der Waals surface area contributed by atoms with Crippen LogP contribution in [0.2, 0.25) is 0 Å². The Hall–Kier alpha value is -7.24. The van der Waals surface area contributed by atoms with Crippen LogP contribution in [0.5, 0.6) is 0 Å². The van der Waals surface area contributed by atoms with Crippen LogP contribution >= 0.6 is 0 Å². The normalized spacial score (nSPS) is 12.2. The average molecular weight is 677 g/mol. The number of rotatable bonds is 3. The molecule has 246 valence electrons. The summed E-state index contributed by atoms with van der Waals surface area (Å²) >= 11 is 0. The number of aromatic nitrogens is 4. The maximum absolute atomic E-state index is 6.55. The lowest BCUT2D eigenvalue weighted by atomic mass is 10.0. The number of benzene rings is 8. The van der Waals surface area contributed by atoms with Gasteiger partial charge in [0.2, 0.25) is 5.95 Å². The van der Waals surface area contributed by atoms with Crippen LogP contribution in [0.4, 0.5) is 0 Å². The standard InChI is InChI=1S/C48H28N4O/c1-3-13-31-27-33(22-21-29(31)11-1)44-47-45(38-17-7-10-20-42(38)53-47)50-48(49-44)52-40-19-9-6-16-37(40)43-41(52)26-25-36-35-15-5-8-18-39(35)51(46(36)43)34-24-23-30-12-2-4-14-32(30)28-34/h1-28H. The Balaban J connectivity index is 1.22. The van der Waals surface area contributed by atoms with E-state index in [1.54, 1.807) is 0 Å². The molecule has 4 heterocycles. The van der Waals surface area contributed by atoms with Crippen molar-refractivity contribution in [1.29, 1.82) is 0 Å². The molecule has 0 saturated carbocycles. The van der Waals surface area contributed by atoms with Gasteiger partial charge in [-0.15, -0.1) is 0 Å². The van der Waals surface area contributed by atoms with E-state index in [0.29, 0.717) is 11.5 Å². The highest BCUT2D eigenvalue weighted by atomic mass is 16.3. The van der Waals surface area contributed by atoms with E-state index in [1.807, 2.05) is 18.2 Å². The highest BCUT2D eigenvalue weighted by Gasteiger charge is 2.24. The number of furan rings is 1. The van der Waals surface area contributed by atoms with Gasteiger partial charge in [-0.2, -0.15) is 0 Å². The van der Waals surface area contributed by atoms with Crippen LogP contribution in [0, 0.1) is 0 Å². The van der Waals surface area contributed by atoms with Crippen LogP contribution in [0.15, 0.2) is 174 Å². The molecule has 0 bridgehead atoms. The molecule has 0 saturated heterocycles. The van der Waals surface area contributed by atoms with Crippen LogP contribution in [-0.2, 0) is 0 Å². The number of para-hydroxylation sites is 3. The summed E-state index contributed by atoms with van der Waals surface area (Å²) in [5.41, 5.74) is 9.57. The van der Waals surface area contributed by atoms with Gasteiger partial charge in [0.25, 0.3) is 0 Å². The fourth-order valence-electron chi connectivity index (χ4n) is 8.52. The summed E-state index contributed by atoms with van der Waals surface area (Å²) in [6.45, 7) is 0. The van der Waals surface area contributed by atoms with Gasteiger partial charge in [0.05, 0.1) is 22.1 Å². The van der Waals surface area contributed by atoms with E-state index in [4.69, 9.17) is 14.4 Å². The molecule has 4 aromatic heterocycles. The molecule has 0 atom stereocenters. The zero-order chi connectivity index (χ0) is 34.6. The van der Waals surface area contributed by atoms with Crippen LogP contribution in [0.25, 0.3) is 110 Å². The molecule has 8 aromatic carbocycles. The molecule has 0 unspecified atom stereocenters. The molecule has 0 radical (unpaired) electrons. The second-order valence-corrected chi connectivity index (χ2v) is 13.8. The Kier molecular flexibility index (Phi) is 5.71. The first-order valence-corrected chi connectivity index (χ1v) is 17.9. The number of nitrogens with zero attached hydrogens (tertiary/aromatic N) is 4. The molecule has 0 amide bonds. The Morgan fingerprint density at radius 3 is 1.89 bits per heavy atom. The fourth-order valence-corrected chi connectivity index (χ4v) is 8.52. The maximum Gasteiger partial charge on any atom is 0.236 e. The molecule has 12 aromatic rings. The summed E-state index contributed by atoms with van der Waals surface area (Å²) in [7, 11) is 0. The van der Waals surface area contributed by atoms with Crippen molar-refractivity contribution in [2.45, 2.75) is 0 Å². The van der Waals surface area contributed by atoms with Gasteiger partial charge in [-0.3, -0.25) is 4.57 Å². The lowest BCUT2D eigenvalue weighted by Gasteiger charge is -2.11. The summed E-state index contributed by atoms with van der Waals surface area (Å²) in [6.07, 6.45) is 0. The quantitative estimate of drug-likeness (QED) is 0.187.